The van der Waals surface area contributed by atoms with E-state index >= 15 is 0 Å². The van der Waals surface area contributed by atoms with Gasteiger partial charge in [0.25, 0.3) is 5.91 Å². The standard InChI is InChI=1S/C17H22N4O.C2HF3O2/c1-20(2)16-10-14(13-7-3-4-8-15(13)19-16)17(22)21-9-5-6-12(21)11-18;3-2(4,5)1(6)7/h3-4,7-8,10,12H,5-6,9,11,18H2,1-2H3;(H,6,7). The van der Waals surface area contributed by atoms with Gasteiger partial charge in [-0.2, -0.15) is 13.2 Å². The van der Waals surface area contributed by atoms with Crippen LogP contribution in [-0.4, -0.2) is 66.3 Å². The van der Waals surface area contributed by atoms with E-state index in [1.54, 1.807) is 0 Å². The van der Waals surface area contributed by atoms with Gasteiger partial charge in [0.2, 0.25) is 0 Å². The zero-order valence-corrected chi connectivity index (χ0v) is 16.1. The number of likely N-dealkylation sites (tertiary alicyclic amines) is 1. The van der Waals surface area contributed by atoms with Crippen LogP contribution in [0.5, 0.6) is 0 Å². The van der Waals surface area contributed by atoms with Crippen molar-refractivity contribution >= 4 is 28.6 Å². The molecule has 0 radical (unpaired) electrons. The van der Waals surface area contributed by atoms with Crippen LogP contribution in [0.25, 0.3) is 10.9 Å². The molecule has 3 N–H and O–H groups in total. The second kappa shape index (κ2) is 9.08. The van der Waals surface area contributed by atoms with Gasteiger partial charge < -0.3 is 20.6 Å². The van der Waals surface area contributed by atoms with Crippen molar-refractivity contribution in [2.45, 2.75) is 25.1 Å². The Kier molecular flexibility index (Phi) is 7.02. The van der Waals surface area contributed by atoms with Crippen LogP contribution in [0, 0.1) is 0 Å². The van der Waals surface area contributed by atoms with Crippen LogP contribution in [0.4, 0.5) is 19.0 Å². The van der Waals surface area contributed by atoms with Crippen molar-refractivity contribution in [3.05, 3.63) is 35.9 Å². The average Bonchev–Trinajstić information content (AvgIpc) is 3.15. The Bertz CT molecular complexity index is 887. The number of alkyl halides is 3. The Morgan fingerprint density at radius 3 is 2.48 bits per heavy atom. The highest BCUT2D eigenvalue weighted by molar-refractivity contribution is 6.07. The zero-order valence-electron chi connectivity index (χ0n) is 16.1. The lowest BCUT2D eigenvalue weighted by Gasteiger charge is -2.25. The number of pyridine rings is 1. The molecule has 1 aromatic carbocycles. The molecule has 29 heavy (non-hydrogen) atoms. The van der Waals surface area contributed by atoms with Gasteiger partial charge in [0.05, 0.1) is 11.1 Å². The fraction of sp³-hybridized carbons (Fsp3) is 0.421. The normalized spacial score (nSPS) is 16.3. The highest BCUT2D eigenvalue weighted by Gasteiger charge is 2.38. The molecule has 1 aliphatic heterocycles. The SMILES string of the molecule is CN(C)c1cc(C(=O)N2CCCC2CN)c2ccccc2n1.O=C(O)C(F)(F)F. The van der Waals surface area contributed by atoms with Crippen LogP contribution in [-0.2, 0) is 4.79 Å². The van der Waals surface area contributed by atoms with Crippen molar-refractivity contribution in [3.8, 4) is 0 Å². The maximum Gasteiger partial charge on any atom is 0.490 e. The molecule has 1 amide bonds. The summed E-state index contributed by atoms with van der Waals surface area (Å²) >= 11 is 0. The number of fused-ring (bicyclic) bond motifs is 1. The van der Waals surface area contributed by atoms with Gasteiger partial charge in [0, 0.05) is 38.6 Å². The van der Waals surface area contributed by atoms with E-state index in [-0.39, 0.29) is 11.9 Å². The van der Waals surface area contributed by atoms with Crippen LogP contribution in [0.2, 0.25) is 0 Å². The molecule has 1 atom stereocenters. The van der Waals surface area contributed by atoms with Crippen LogP contribution < -0.4 is 10.6 Å². The number of carboxylic acids is 1. The van der Waals surface area contributed by atoms with Gasteiger partial charge in [-0.15, -0.1) is 0 Å². The van der Waals surface area contributed by atoms with E-state index in [2.05, 4.69) is 4.98 Å². The van der Waals surface area contributed by atoms with Gasteiger partial charge >= 0.3 is 12.1 Å². The summed E-state index contributed by atoms with van der Waals surface area (Å²) in [5.41, 5.74) is 7.38. The summed E-state index contributed by atoms with van der Waals surface area (Å²) in [5, 5.41) is 8.03. The minimum atomic E-state index is -5.08. The van der Waals surface area contributed by atoms with Gasteiger partial charge in [-0.3, -0.25) is 4.79 Å². The van der Waals surface area contributed by atoms with Crippen LogP contribution in [0.15, 0.2) is 30.3 Å². The maximum atomic E-state index is 13.0. The molecule has 1 aromatic heterocycles. The first-order valence-corrected chi connectivity index (χ1v) is 8.94. The molecule has 3 rings (SSSR count). The summed E-state index contributed by atoms with van der Waals surface area (Å²) in [7, 11) is 3.87. The molecule has 10 heteroatoms. The number of aliphatic carboxylic acids is 1. The number of rotatable bonds is 3. The second-order valence-corrected chi connectivity index (χ2v) is 6.77. The number of anilines is 1. The fourth-order valence-electron chi connectivity index (χ4n) is 3.07. The smallest absolute Gasteiger partial charge is 0.475 e. The van der Waals surface area contributed by atoms with Crippen molar-refractivity contribution < 1.29 is 27.9 Å². The number of carboxylic acid groups (broad SMARTS) is 1. The summed E-state index contributed by atoms with van der Waals surface area (Å²) in [5.74, 6) is -1.90. The number of halogens is 3. The number of hydrogen-bond donors (Lipinski definition) is 2. The third-order valence-electron chi connectivity index (χ3n) is 4.54. The van der Waals surface area contributed by atoms with E-state index in [1.165, 1.54) is 0 Å². The lowest BCUT2D eigenvalue weighted by Crippen LogP contribution is -2.40. The monoisotopic (exact) mass is 412 g/mol. The molecule has 1 unspecified atom stereocenters. The molecule has 2 aromatic rings. The first-order valence-electron chi connectivity index (χ1n) is 8.94. The van der Waals surface area contributed by atoms with E-state index in [0.717, 1.165) is 41.7 Å². The molecule has 158 valence electrons. The molecule has 7 nitrogen and oxygen atoms in total. The number of nitrogens with two attached hydrogens (primary N) is 1. The average molecular weight is 412 g/mol. The van der Waals surface area contributed by atoms with E-state index < -0.39 is 12.1 Å². The summed E-state index contributed by atoms with van der Waals surface area (Å²) < 4.78 is 31.7. The van der Waals surface area contributed by atoms with Crippen molar-refractivity contribution in [1.82, 2.24) is 9.88 Å². The Morgan fingerprint density at radius 2 is 1.93 bits per heavy atom. The molecular formula is C19H23F3N4O3. The van der Waals surface area contributed by atoms with Crippen molar-refractivity contribution in [2.24, 2.45) is 5.73 Å². The molecule has 0 saturated carbocycles. The van der Waals surface area contributed by atoms with E-state index in [4.69, 9.17) is 15.6 Å². The van der Waals surface area contributed by atoms with Gasteiger partial charge in [-0.1, -0.05) is 18.2 Å². The third kappa shape index (κ3) is 5.35. The predicted octanol–water partition coefficient (Wildman–Crippen LogP) is 2.50. The summed E-state index contributed by atoms with van der Waals surface area (Å²) in [6, 6.07) is 9.84. The zero-order chi connectivity index (χ0) is 21.8. The lowest BCUT2D eigenvalue weighted by atomic mass is 10.1. The molecule has 1 aliphatic rings. The quantitative estimate of drug-likeness (QED) is 0.804. The summed E-state index contributed by atoms with van der Waals surface area (Å²) in [4.78, 5) is 30.4. The topological polar surface area (TPSA) is 99.8 Å². The highest BCUT2D eigenvalue weighted by atomic mass is 19.4. The second-order valence-electron chi connectivity index (χ2n) is 6.77. The summed E-state index contributed by atoms with van der Waals surface area (Å²) in [6.07, 6.45) is -3.07. The number of carbonyl (C=O) groups is 2. The molecule has 0 aliphatic carbocycles. The Labute approximate surface area is 165 Å². The van der Waals surface area contributed by atoms with Gasteiger partial charge in [0.1, 0.15) is 5.82 Å². The maximum absolute atomic E-state index is 13.0. The number of amides is 1. The molecular weight excluding hydrogens is 389 g/mol. The third-order valence-corrected chi connectivity index (χ3v) is 4.54. The first-order chi connectivity index (χ1) is 13.6. The number of benzene rings is 1. The van der Waals surface area contributed by atoms with Gasteiger partial charge in [-0.25, -0.2) is 9.78 Å². The largest absolute Gasteiger partial charge is 0.490 e. The first kappa shape index (κ1) is 22.4. The highest BCUT2D eigenvalue weighted by Crippen LogP contribution is 2.26. The van der Waals surface area contributed by atoms with Crippen LogP contribution in [0.3, 0.4) is 0 Å². The fourth-order valence-corrected chi connectivity index (χ4v) is 3.07. The minimum absolute atomic E-state index is 0.0645. The van der Waals surface area contributed by atoms with E-state index in [9.17, 15) is 18.0 Å². The Morgan fingerprint density at radius 1 is 1.31 bits per heavy atom. The van der Waals surface area contributed by atoms with E-state index in [1.807, 2.05) is 54.2 Å². The van der Waals surface area contributed by atoms with Gasteiger partial charge in [0.15, 0.2) is 0 Å². The van der Waals surface area contributed by atoms with Crippen molar-refractivity contribution in [1.29, 1.82) is 0 Å². The summed E-state index contributed by atoms with van der Waals surface area (Å²) in [6.45, 7) is 1.31. The minimum Gasteiger partial charge on any atom is -0.475 e. The van der Waals surface area contributed by atoms with E-state index in [0.29, 0.717) is 6.54 Å². The number of aromatic nitrogens is 1. The molecule has 1 saturated heterocycles. The predicted molar refractivity (Wildman–Crippen MR) is 103 cm³/mol. The Hall–Kier alpha value is -2.88. The molecule has 0 bridgehead atoms. The number of carbonyl (C=O) groups excluding carboxylic acids is 1. The van der Waals surface area contributed by atoms with Crippen molar-refractivity contribution in [3.63, 3.8) is 0 Å². The lowest BCUT2D eigenvalue weighted by molar-refractivity contribution is -0.192. The molecule has 0 spiro atoms. The number of nitrogens with zero attached hydrogens (tertiary/aromatic N) is 3. The molecule has 1 fully saturated rings. The number of para-hydroxylation sites is 1. The van der Waals surface area contributed by atoms with Crippen LogP contribution in [0.1, 0.15) is 23.2 Å². The Balaban J connectivity index is 0.000000370. The van der Waals surface area contributed by atoms with Crippen LogP contribution >= 0.6 is 0 Å². The van der Waals surface area contributed by atoms with Crippen molar-refractivity contribution in [2.75, 3.05) is 32.1 Å². The number of hydrogen-bond acceptors (Lipinski definition) is 5. The van der Waals surface area contributed by atoms with Gasteiger partial charge in [-0.05, 0) is 25.0 Å². The molecule has 2 heterocycles.